The van der Waals surface area contributed by atoms with Crippen LogP contribution < -0.4 is 10.6 Å². The van der Waals surface area contributed by atoms with E-state index in [9.17, 15) is 9.59 Å². The van der Waals surface area contributed by atoms with Crippen LogP contribution in [0.3, 0.4) is 0 Å². The number of nitrogens with zero attached hydrogens (tertiary/aromatic N) is 1. The molecule has 1 atom stereocenters. The molecule has 0 aromatic carbocycles. The maximum atomic E-state index is 12.1. The predicted octanol–water partition coefficient (Wildman–Crippen LogP) is 2.11. The van der Waals surface area contributed by atoms with Crippen LogP contribution in [0.4, 0.5) is 4.79 Å². The lowest BCUT2D eigenvalue weighted by Crippen LogP contribution is -2.45. The summed E-state index contributed by atoms with van der Waals surface area (Å²) in [6.45, 7) is 10.1. The number of carbonyl (C=O) groups is 2. The van der Waals surface area contributed by atoms with Crippen molar-refractivity contribution in [3.05, 3.63) is 17.0 Å². The Morgan fingerprint density at radius 3 is 2.52 bits per heavy atom. The van der Waals surface area contributed by atoms with E-state index in [0.717, 1.165) is 17.7 Å². The van der Waals surface area contributed by atoms with E-state index in [2.05, 4.69) is 29.6 Å². The first kappa shape index (κ1) is 19.0. The third-order valence-corrected chi connectivity index (χ3v) is 3.42. The number of amides is 2. The number of hydrogen-bond donors (Lipinski definition) is 2. The van der Waals surface area contributed by atoms with E-state index in [4.69, 9.17) is 9.26 Å². The fourth-order valence-electron chi connectivity index (χ4n) is 2.32. The first-order chi connectivity index (χ1) is 10.8. The average molecular weight is 325 g/mol. The highest BCUT2D eigenvalue weighted by Gasteiger charge is 2.17. The molecule has 0 aliphatic carbocycles. The van der Waals surface area contributed by atoms with Crippen molar-refractivity contribution in [2.75, 3.05) is 13.2 Å². The molecule has 2 N–H and O–H groups in total. The minimum absolute atomic E-state index is 0.126. The molecule has 0 aliphatic rings. The number of rotatable bonds is 8. The average Bonchev–Trinajstić information content (AvgIpc) is 2.76. The van der Waals surface area contributed by atoms with Crippen LogP contribution in [0.2, 0.25) is 0 Å². The van der Waals surface area contributed by atoms with Gasteiger partial charge in [-0.25, -0.2) is 4.79 Å². The highest BCUT2D eigenvalue weighted by Crippen LogP contribution is 2.12. The highest BCUT2D eigenvalue weighted by molar-refractivity contribution is 5.79. The number of aromatic nitrogens is 1. The van der Waals surface area contributed by atoms with Crippen LogP contribution >= 0.6 is 0 Å². The molecule has 1 aromatic heterocycles. The van der Waals surface area contributed by atoms with E-state index in [1.54, 1.807) is 13.8 Å². The van der Waals surface area contributed by atoms with Gasteiger partial charge in [-0.05, 0) is 33.1 Å². The van der Waals surface area contributed by atoms with E-state index >= 15 is 0 Å². The molecule has 1 heterocycles. The molecule has 1 rings (SSSR count). The zero-order chi connectivity index (χ0) is 17.4. The number of alkyl carbamates (subject to hydrolysis) is 1. The molecule has 0 saturated heterocycles. The summed E-state index contributed by atoms with van der Waals surface area (Å²) < 4.78 is 9.94. The topological polar surface area (TPSA) is 93.5 Å². The van der Waals surface area contributed by atoms with E-state index in [1.807, 2.05) is 6.92 Å². The first-order valence-electron chi connectivity index (χ1n) is 7.95. The van der Waals surface area contributed by atoms with Gasteiger partial charge in [-0.1, -0.05) is 19.0 Å². The van der Waals surface area contributed by atoms with E-state index < -0.39 is 6.09 Å². The highest BCUT2D eigenvalue weighted by atomic mass is 16.5. The fraction of sp³-hybridized carbons (Fsp3) is 0.688. The van der Waals surface area contributed by atoms with Gasteiger partial charge in [0.25, 0.3) is 0 Å². The van der Waals surface area contributed by atoms with E-state index in [0.29, 0.717) is 24.8 Å². The second kappa shape index (κ2) is 9.17. The Labute approximate surface area is 137 Å². The number of nitrogens with one attached hydrogen (secondary N) is 2. The van der Waals surface area contributed by atoms with Gasteiger partial charge in [-0.15, -0.1) is 0 Å². The minimum Gasteiger partial charge on any atom is -0.450 e. The van der Waals surface area contributed by atoms with Gasteiger partial charge in [0.15, 0.2) is 0 Å². The molecule has 23 heavy (non-hydrogen) atoms. The number of aryl methyl sites for hydroxylation is 2. The summed E-state index contributed by atoms with van der Waals surface area (Å²) in [4.78, 5) is 23.7. The quantitative estimate of drug-likeness (QED) is 0.763. The Bertz CT molecular complexity index is 506. The zero-order valence-corrected chi connectivity index (χ0v) is 14.6. The third kappa shape index (κ3) is 6.71. The lowest BCUT2D eigenvalue weighted by atomic mass is 10.0. The van der Waals surface area contributed by atoms with Crippen LogP contribution in [-0.2, 0) is 16.0 Å². The molecule has 0 aliphatic heterocycles. The molecule has 130 valence electrons. The number of carbonyl (C=O) groups excluding carboxylic acids is 2. The van der Waals surface area contributed by atoms with Crippen molar-refractivity contribution in [3.63, 3.8) is 0 Å². The molecule has 0 bridgehead atoms. The molecular weight excluding hydrogens is 298 g/mol. The van der Waals surface area contributed by atoms with Gasteiger partial charge in [-0.2, -0.15) is 0 Å². The van der Waals surface area contributed by atoms with Crippen LogP contribution in [0.1, 0.15) is 44.2 Å². The molecule has 2 amide bonds. The summed E-state index contributed by atoms with van der Waals surface area (Å²) >= 11 is 0. The Kier molecular flexibility index (Phi) is 7.57. The van der Waals surface area contributed by atoms with Crippen molar-refractivity contribution < 1.29 is 18.8 Å². The molecule has 0 saturated carbocycles. The van der Waals surface area contributed by atoms with E-state index in [1.165, 1.54) is 0 Å². The Morgan fingerprint density at radius 1 is 1.30 bits per heavy atom. The predicted molar refractivity (Wildman–Crippen MR) is 86.1 cm³/mol. The summed E-state index contributed by atoms with van der Waals surface area (Å²) in [5, 5.41) is 9.46. The van der Waals surface area contributed by atoms with Crippen molar-refractivity contribution in [1.82, 2.24) is 15.8 Å². The van der Waals surface area contributed by atoms with Gasteiger partial charge in [0.2, 0.25) is 5.91 Å². The monoisotopic (exact) mass is 325 g/mol. The number of ether oxygens (including phenoxy) is 1. The normalized spacial score (nSPS) is 12.1. The maximum absolute atomic E-state index is 12.1. The van der Waals surface area contributed by atoms with Gasteiger partial charge in [-0.3, -0.25) is 4.79 Å². The van der Waals surface area contributed by atoms with Crippen molar-refractivity contribution in [3.8, 4) is 0 Å². The molecule has 0 spiro atoms. The van der Waals surface area contributed by atoms with Gasteiger partial charge >= 0.3 is 6.09 Å². The van der Waals surface area contributed by atoms with Crippen molar-refractivity contribution in [2.45, 2.75) is 53.5 Å². The molecule has 7 nitrogen and oxygen atoms in total. The second-order valence-electron chi connectivity index (χ2n) is 5.97. The summed E-state index contributed by atoms with van der Waals surface area (Å²) in [5.74, 6) is 0.918. The standard InChI is InChI=1S/C16H27N3O4/c1-6-22-16(21)18-13(7-10(2)3)9-17-15(20)8-14-11(4)19-23-12(14)5/h10,13H,6-9H2,1-5H3,(H,17,20)(H,18,21)/t13-/m0/s1. The van der Waals surface area contributed by atoms with Crippen LogP contribution in [0.5, 0.6) is 0 Å². The summed E-state index contributed by atoms with van der Waals surface area (Å²) in [6.07, 6.45) is 0.512. The smallest absolute Gasteiger partial charge is 0.407 e. The van der Waals surface area contributed by atoms with Crippen LogP contribution in [0.15, 0.2) is 4.52 Å². The van der Waals surface area contributed by atoms with Crippen LogP contribution in [0.25, 0.3) is 0 Å². The largest absolute Gasteiger partial charge is 0.450 e. The zero-order valence-electron chi connectivity index (χ0n) is 14.6. The molecule has 1 aromatic rings. The molecule has 7 heteroatoms. The Balaban J connectivity index is 2.52. The lowest BCUT2D eigenvalue weighted by Gasteiger charge is -2.20. The molecular formula is C16H27N3O4. The van der Waals surface area contributed by atoms with Gasteiger partial charge in [0, 0.05) is 18.2 Å². The Morgan fingerprint density at radius 2 is 2.00 bits per heavy atom. The first-order valence-corrected chi connectivity index (χ1v) is 7.95. The molecule has 0 unspecified atom stereocenters. The van der Waals surface area contributed by atoms with Gasteiger partial charge in [0.1, 0.15) is 5.76 Å². The van der Waals surface area contributed by atoms with Crippen molar-refractivity contribution in [1.29, 1.82) is 0 Å². The Hall–Kier alpha value is -2.05. The van der Waals surface area contributed by atoms with Crippen LogP contribution in [0, 0.1) is 19.8 Å². The third-order valence-electron chi connectivity index (χ3n) is 3.42. The lowest BCUT2D eigenvalue weighted by molar-refractivity contribution is -0.120. The number of hydrogen-bond acceptors (Lipinski definition) is 5. The van der Waals surface area contributed by atoms with Crippen molar-refractivity contribution in [2.24, 2.45) is 5.92 Å². The SMILES string of the molecule is CCOC(=O)N[C@H](CNC(=O)Cc1c(C)noc1C)CC(C)C. The van der Waals surface area contributed by atoms with Crippen molar-refractivity contribution >= 4 is 12.0 Å². The fourth-order valence-corrected chi connectivity index (χ4v) is 2.32. The molecule has 0 fully saturated rings. The van der Waals surface area contributed by atoms with Gasteiger partial charge in [0.05, 0.1) is 18.7 Å². The second-order valence-corrected chi connectivity index (χ2v) is 5.97. The minimum atomic E-state index is -0.460. The summed E-state index contributed by atoms with van der Waals surface area (Å²) in [6, 6.07) is -0.164. The summed E-state index contributed by atoms with van der Waals surface area (Å²) in [7, 11) is 0. The molecule has 0 radical (unpaired) electrons. The summed E-state index contributed by atoms with van der Waals surface area (Å²) in [5.41, 5.74) is 1.53. The van der Waals surface area contributed by atoms with Crippen LogP contribution in [-0.4, -0.2) is 36.4 Å². The van der Waals surface area contributed by atoms with E-state index in [-0.39, 0.29) is 18.4 Å². The maximum Gasteiger partial charge on any atom is 0.407 e. The van der Waals surface area contributed by atoms with Gasteiger partial charge < -0.3 is 19.9 Å².